The molecule has 0 atom stereocenters. The minimum absolute atomic E-state index is 0.238. The number of hydrogen-bond acceptors (Lipinski definition) is 6. The van der Waals surface area contributed by atoms with Crippen molar-refractivity contribution >= 4 is 27.5 Å². The molecule has 2 aromatic rings. The van der Waals surface area contributed by atoms with Crippen molar-refractivity contribution in [3.63, 3.8) is 0 Å². The van der Waals surface area contributed by atoms with Gasteiger partial charge in [-0.1, -0.05) is 0 Å². The molecule has 0 radical (unpaired) electrons. The molecule has 26 heavy (non-hydrogen) atoms. The van der Waals surface area contributed by atoms with Crippen molar-refractivity contribution < 1.29 is 22.7 Å². The summed E-state index contributed by atoms with van der Waals surface area (Å²) < 4.78 is 29.0. The zero-order chi connectivity index (χ0) is 19.3. The van der Waals surface area contributed by atoms with E-state index < -0.39 is 28.4 Å². The Kier molecular flexibility index (Phi) is 5.75. The van der Waals surface area contributed by atoms with Crippen molar-refractivity contribution in [2.24, 2.45) is 0 Å². The second-order valence-electron chi connectivity index (χ2n) is 5.47. The van der Waals surface area contributed by atoms with Crippen molar-refractivity contribution in [3.05, 3.63) is 65.2 Å². The number of carbonyl (C=O) groups excluding carboxylic acids is 2. The molecule has 0 aliphatic carbocycles. The number of rotatable bonds is 6. The van der Waals surface area contributed by atoms with Crippen molar-refractivity contribution in [3.8, 4) is 6.07 Å². The molecule has 0 fully saturated rings. The van der Waals surface area contributed by atoms with Gasteiger partial charge in [0.2, 0.25) is 10.0 Å². The van der Waals surface area contributed by atoms with Crippen LogP contribution in [0.15, 0.2) is 48.5 Å². The SMILES string of the molecule is CN(c1ccc(C(=O)COC(=O)c2ccc(C#N)cc2)cc1)S(C)(=O)=O. The molecule has 0 aliphatic heterocycles. The van der Waals surface area contributed by atoms with Gasteiger partial charge in [-0.25, -0.2) is 13.2 Å². The number of hydrogen-bond donors (Lipinski definition) is 0. The van der Waals surface area contributed by atoms with Crippen LogP contribution in [-0.4, -0.2) is 40.1 Å². The van der Waals surface area contributed by atoms with Gasteiger partial charge in [0, 0.05) is 12.6 Å². The lowest BCUT2D eigenvalue weighted by Gasteiger charge is -2.16. The third-order valence-corrected chi connectivity index (χ3v) is 4.84. The Hall–Kier alpha value is -3.18. The second kappa shape index (κ2) is 7.80. The fourth-order valence-corrected chi connectivity index (χ4v) is 2.53. The normalized spacial score (nSPS) is 10.7. The summed E-state index contributed by atoms with van der Waals surface area (Å²) in [5.41, 5.74) is 1.36. The highest BCUT2D eigenvalue weighted by molar-refractivity contribution is 7.92. The number of nitriles is 1. The first-order chi connectivity index (χ1) is 12.2. The van der Waals surface area contributed by atoms with E-state index in [0.717, 1.165) is 10.6 Å². The third-order valence-electron chi connectivity index (χ3n) is 3.63. The van der Waals surface area contributed by atoms with Gasteiger partial charge in [-0.15, -0.1) is 0 Å². The molecule has 2 aromatic carbocycles. The zero-order valence-electron chi connectivity index (χ0n) is 14.2. The monoisotopic (exact) mass is 372 g/mol. The molecule has 0 spiro atoms. The van der Waals surface area contributed by atoms with Crippen LogP contribution in [0, 0.1) is 11.3 Å². The summed E-state index contributed by atoms with van der Waals surface area (Å²) >= 11 is 0. The first-order valence-corrected chi connectivity index (χ1v) is 9.31. The number of benzene rings is 2. The number of anilines is 1. The van der Waals surface area contributed by atoms with Crippen LogP contribution in [0.4, 0.5) is 5.69 Å². The van der Waals surface area contributed by atoms with Crippen LogP contribution < -0.4 is 4.31 Å². The number of sulfonamides is 1. The lowest BCUT2D eigenvalue weighted by molar-refractivity contribution is 0.0475. The highest BCUT2D eigenvalue weighted by Gasteiger charge is 2.14. The number of ether oxygens (including phenoxy) is 1. The molecular weight excluding hydrogens is 356 g/mol. The van der Waals surface area contributed by atoms with Crippen molar-refractivity contribution in [2.45, 2.75) is 0 Å². The highest BCUT2D eigenvalue weighted by atomic mass is 32.2. The second-order valence-corrected chi connectivity index (χ2v) is 7.48. The van der Waals surface area contributed by atoms with E-state index in [-0.39, 0.29) is 5.56 Å². The number of esters is 1. The van der Waals surface area contributed by atoms with Gasteiger partial charge < -0.3 is 4.74 Å². The van der Waals surface area contributed by atoms with E-state index in [1.54, 1.807) is 0 Å². The molecule has 0 saturated heterocycles. The minimum atomic E-state index is -3.39. The zero-order valence-corrected chi connectivity index (χ0v) is 15.0. The molecule has 0 unspecified atom stereocenters. The predicted molar refractivity (Wildman–Crippen MR) is 95.5 cm³/mol. The number of ketones is 1. The van der Waals surface area contributed by atoms with Crippen molar-refractivity contribution in [2.75, 3.05) is 24.2 Å². The molecule has 7 nitrogen and oxygen atoms in total. The number of nitrogens with zero attached hydrogens (tertiary/aromatic N) is 2. The van der Waals surface area contributed by atoms with Gasteiger partial charge in [-0.05, 0) is 48.5 Å². The van der Waals surface area contributed by atoms with Gasteiger partial charge in [-0.2, -0.15) is 5.26 Å². The van der Waals surface area contributed by atoms with Crippen LogP contribution in [0.5, 0.6) is 0 Å². The number of Topliss-reactive ketones (excluding diaryl/α,β-unsaturated/α-hetero) is 1. The van der Waals surface area contributed by atoms with Crippen LogP contribution in [0.1, 0.15) is 26.3 Å². The Morgan fingerprint density at radius 2 is 1.58 bits per heavy atom. The molecular formula is C18H16N2O5S. The van der Waals surface area contributed by atoms with Gasteiger partial charge in [0.1, 0.15) is 0 Å². The molecule has 0 saturated carbocycles. The van der Waals surface area contributed by atoms with Crippen LogP contribution >= 0.6 is 0 Å². The summed E-state index contributed by atoms with van der Waals surface area (Å²) in [4.78, 5) is 24.0. The van der Waals surface area contributed by atoms with E-state index in [2.05, 4.69) is 0 Å². The van der Waals surface area contributed by atoms with Gasteiger partial charge in [-0.3, -0.25) is 9.10 Å². The lowest BCUT2D eigenvalue weighted by Crippen LogP contribution is -2.24. The van der Waals surface area contributed by atoms with E-state index in [0.29, 0.717) is 16.8 Å². The molecule has 0 bridgehead atoms. The summed E-state index contributed by atoms with van der Waals surface area (Å²) in [5, 5.41) is 8.72. The van der Waals surface area contributed by atoms with E-state index >= 15 is 0 Å². The topological polar surface area (TPSA) is 105 Å². The van der Waals surface area contributed by atoms with Crippen LogP contribution in [0.25, 0.3) is 0 Å². The van der Waals surface area contributed by atoms with Gasteiger partial charge >= 0.3 is 5.97 Å². The van der Waals surface area contributed by atoms with Crippen molar-refractivity contribution in [1.82, 2.24) is 0 Å². The predicted octanol–water partition coefficient (Wildman–Crippen LogP) is 1.99. The summed E-state index contributed by atoms with van der Waals surface area (Å²) in [6, 6.07) is 13.7. The molecule has 134 valence electrons. The largest absolute Gasteiger partial charge is 0.454 e. The molecule has 0 aromatic heterocycles. The molecule has 0 heterocycles. The molecule has 2 rings (SSSR count). The number of carbonyl (C=O) groups is 2. The van der Waals surface area contributed by atoms with Gasteiger partial charge in [0.25, 0.3) is 0 Å². The van der Waals surface area contributed by atoms with E-state index in [9.17, 15) is 18.0 Å². The summed E-state index contributed by atoms with van der Waals surface area (Å²) in [7, 11) is -1.98. The molecule has 8 heteroatoms. The Balaban J connectivity index is 1.99. The Labute approximate surface area is 151 Å². The van der Waals surface area contributed by atoms with E-state index in [1.807, 2.05) is 6.07 Å². The van der Waals surface area contributed by atoms with E-state index in [1.165, 1.54) is 55.6 Å². The van der Waals surface area contributed by atoms with Crippen LogP contribution in [0.3, 0.4) is 0 Å². The first kappa shape index (κ1) is 19.1. The summed E-state index contributed by atoms with van der Waals surface area (Å²) in [6.45, 7) is -0.444. The first-order valence-electron chi connectivity index (χ1n) is 7.47. The molecule has 0 amide bonds. The fourth-order valence-electron chi connectivity index (χ4n) is 2.03. The standard InChI is InChI=1S/C18H16N2O5S/c1-20(26(2,23)24)16-9-7-14(8-10-16)17(21)12-25-18(22)15-5-3-13(11-19)4-6-15/h3-10H,12H2,1-2H3. The lowest BCUT2D eigenvalue weighted by atomic mass is 10.1. The smallest absolute Gasteiger partial charge is 0.338 e. The fraction of sp³-hybridized carbons (Fsp3) is 0.167. The Morgan fingerprint density at radius 1 is 1.04 bits per heavy atom. The van der Waals surface area contributed by atoms with Gasteiger partial charge in [0.05, 0.1) is 29.1 Å². The minimum Gasteiger partial charge on any atom is -0.454 e. The van der Waals surface area contributed by atoms with Crippen molar-refractivity contribution in [1.29, 1.82) is 5.26 Å². The maximum atomic E-state index is 12.1. The quantitative estimate of drug-likeness (QED) is 0.567. The highest BCUT2D eigenvalue weighted by Crippen LogP contribution is 2.16. The maximum absolute atomic E-state index is 12.1. The molecule has 0 N–H and O–H groups in total. The van der Waals surface area contributed by atoms with Crippen LogP contribution in [0.2, 0.25) is 0 Å². The summed E-state index contributed by atoms with van der Waals surface area (Å²) in [5.74, 6) is -1.09. The Morgan fingerprint density at radius 3 is 2.08 bits per heavy atom. The average Bonchev–Trinajstić information content (AvgIpc) is 2.64. The third kappa shape index (κ3) is 4.68. The van der Waals surface area contributed by atoms with Gasteiger partial charge in [0.15, 0.2) is 12.4 Å². The Bertz CT molecular complexity index is 958. The van der Waals surface area contributed by atoms with E-state index in [4.69, 9.17) is 10.00 Å². The summed E-state index contributed by atoms with van der Waals surface area (Å²) in [6.07, 6.45) is 1.08. The maximum Gasteiger partial charge on any atom is 0.338 e. The average molecular weight is 372 g/mol. The van der Waals surface area contributed by atoms with Crippen LogP contribution in [-0.2, 0) is 14.8 Å². The molecule has 0 aliphatic rings.